The molecule has 0 radical (unpaired) electrons. The van der Waals surface area contributed by atoms with Crippen LogP contribution in [0.1, 0.15) is 32.2 Å². The van der Waals surface area contributed by atoms with Crippen molar-refractivity contribution in [1.82, 2.24) is 9.80 Å². The van der Waals surface area contributed by atoms with Crippen LogP contribution < -0.4 is 0 Å². The van der Waals surface area contributed by atoms with E-state index < -0.39 is 13.2 Å². The number of carbonyl (C=O) groups excluding carboxylic acids is 2. The lowest BCUT2D eigenvalue weighted by atomic mass is 10.1. The normalized spacial score (nSPS) is 22.3. The number of hydrogen-bond acceptors (Lipinski definition) is 5. The molecule has 29 heavy (non-hydrogen) atoms. The first kappa shape index (κ1) is 22.0. The molecule has 1 aromatic heterocycles. The first-order valence-corrected chi connectivity index (χ1v) is 10.1. The highest BCUT2D eigenvalue weighted by molar-refractivity contribution is 7.15. The second kappa shape index (κ2) is 9.86. The zero-order valence-corrected chi connectivity index (χ0v) is 16.4. The van der Waals surface area contributed by atoms with Crippen molar-refractivity contribution in [2.75, 3.05) is 39.4 Å². The van der Waals surface area contributed by atoms with E-state index in [2.05, 4.69) is 9.47 Å². The summed E-state index contributed by atoms with van der Waals surface area (Å²) in [5.74, 6) is -0.742. The minimum absolute atomic E-state index is 0.0962. The Morgan fingerprint density at radius 1 is 0.897 bits per heavy atom. The largest absolute Gasteiger partial charge is 0.345 e. The molecule has 0 spiro atoms. The summed E-state index contributed by atoms with van der Waals surface area (Å²) in [4.78, 5) is 29.2. The molecule has 2 atom stereocenters. The number of carbonyl (C=O) groups is 2. The average molecular weight is 438 g/mol. The van der Waals surface area contributed by atoms with Gasteiger partial charge in [0.25, 0.3) is 11.8 Å². The highest BCUT2D eigenvalue weighted by Gasteiger charge is 2.31. The maximum absolute atomic E-state index is 12.6. The van der Waals surface area contributed by atoms with Crippen LogP contribution in [-0.2, 0) is 9.47 Å². The molecule has 2 fully saturated rings. The van der Waals surface area contributed by atoms with Gasteiger partial charge in [0, 0.05) is 38.0 Å². The molecule has 0 saturated carbocycles. The monoisotopic (exact) mass is 438 g/mol. The number of halogens is 4. The summed E-state index contributed by atoms with van der Waals surface area (Å²) in [6.45, 7) is -4.25. The molecule has 0 aromatic carbocycles. The van der Waals surface area contributed by atoms with E-state index in [-0.39, 0.29) is 36.9 Å². The maximum atomic E-state index is 12.6. The van der Waals surface area contributed by atoms with Gasteiger partial charge in [-0.3, -0.25) is 9.59 Å². The summed E-state index contributed by atoms with van der Waals surface area (Å²) in [5.41, 5.74) is 0. The standard InChI is InChI=1S/C18H22F4N2O4S/c19-17(20)27-9-11-3-5-23(7-11)15(25)13-1-2-14(29-13)16(26)24-6-4-12(8-24)10-28-18(21)22/h1-2,11-12,17-18H,3-10H2. The molecule has 0 bridgehead atoms. The second-order valence-electron chi connectivity index (χ2n) is 7.16. The lowest BCUT2D eigenvalue weighted by molar-refractivity contribution is -0.137. The summed E-state index contributed by atoms with van der Waals surface area (Å²) in [7, 11) is 0. The van der Waals surface area contributed by atoms with Crippen molar-refractivity contribution in [3.05, 3.63) is 21.9 Å². The van der Waals surface area contributed by atoms with Crippen molar-refractivity contribution in [3.8, 4) is 0 Å². The molecule has 11 heteroatoms. The predicted molar refractivity (Wildman–Crippen MR) is 96.3 cm³/mol. The average Bonchev–Trinajstić information content (AvgIpc) is 3.44. The molecule has 2 aliphatic heterocycles. The Bertz CT molecular complexity index is 661. The van der Waals surface area contributed by atoms with Crippen LogP contribution >= 0.6 is 11.3 Å². The van der Waals surface area contributed by atoms with Crippen LogP contribution in [0.25, 0.3) is 0 Å². The summed E-state index contributed by atoms with van der Waals surface area (Å²) in [6.07, 6.45) is 1.18. The van der Waals surface area contributed by atoms with Crippen LogP contribution in [0.4, 0.5) is 17.6 Å². The van der Waals surface area contributed by atoms with Gasteiger partial charge in [-0.2, -0.15) is 17.6 Å². The van der Waals surface area contributed by atoms with E-state index in [9.17, 15) is 27.2 Å². The highest BCUT2D eigenvalue weighted by atomic mass is 32.1. The molecule has 3 heterocycles. The molecule has 1 aromatic rings. The minimum Gasteiger partial charge on any atom is -0.338 e. The first-order chi connectivity index (χ1) is 13.8. The molecule has 6 nitrogen and oxygen atoms in total. The van der Waals surface area contributed by atoms with E-state index >= 15 is 0 Å². The van der Waals surface area contributed by atoms with Gasteiger partial charge in [0.1, 0.15) is 0 Å². The number of hydrogen-bond donors (Lipinski definition) is 0. The summed E-state index contributed by atoms with van der Waals surface area (Å²) in [5, 5.41) is 0. The first-order valence-electron chi connectivity index (χ1n) is 9.31. The van der Waals surface area contributed by atoms with Gasteiger partial charge >= 0.3 is 13.2 Å². The number of ether oxygens (including phenoxy) is 2. The Balaban J connectivity index is 1.51. The number of likely N-dealkylation sites (tertiary alicyclic amines) is 2. The van der Waals surface area contributed by atoms with Crippen molar-refractivity contribution in [3.63, 3.8) is 0 Å². The fourth-order valence-electron chi connectivity index (χ4n) is 3.60. The predicted octanol–water partition coefficient (Wildman–Crippen LogP) is 3.15. The zero-order valence-electron chi connectivity index (χ0n) is 15.6. The third kappa shape index (κ3) is 5.89. The van der Waals surface area contributed by atoms with Crippen LogP contribution in [0.3, 0.4) is 0 Å². The SMILES string of the molecule is O=C(c1ccc(C(=O)N2CCC(COC(F)F)C2)s1)N1CCC(COC(F)F)C1. The van der Waals surface area contributed by atoms with Crippen molar-refractivity contribution >= 4 is 23.2 Å². The Hall–Kier alpha value is -1.72. The fraction of sp³-hybridized carbons (Fsp3) is 0.667. The molecule has 2 aliphatic rings. The van der Waals surface area contributed by atoms with Gasteiger partial charge in [0.2, 0.25) is 0 Å². The highest BCUT2D eigenvalue weighted by Crippen LogP contribution is 2.26. The van der Waals surface area contributed by atoms with Crippen LogP contribution in [0, 0.1) is 11.8 Å². The van der Waals surface area contributed by atoms with Crippen molar-refractivity contribution in [2.24, 2.45) is 11.8 Å². The van der Waals surface area contributed by atoms with Gasteiger partial charge in [0.05, 0.1) is 23.0 Å². The van der Waals surface area contributed by atoms with E-state index in [4.69, 9.17) is 0 Å². The Morgan fingerprint density at radius 3 is 1.69 bits per heavy atom. The summed E-state index contributed by atoms with van der Waals surface area (Å²) >= 11 is 1.08. The molecule has 0 N–H and O–H groups in total. The number of amides is 2. The summed E-state index contributed by atoms with van der Waals surface area (Å²) < 4.78 is 57.2. The molecule has 162 valence electrons. The molecule has 2 unspecified atom stereocenters. The lowest BCUT2D eigenvalue weighted by Gasteiger charge is -2.16. The quantitative estimate of drug-likeness (QED) is 0.585. The van der Waals surface area contributed by atoms with Crippen molar-refractivity contribution < 1.29 is 36.6 Å². The van der Waals surface area contributed by atoms with Crippen molar-refractivity contribution in [2.45, 2.75) is 26.1 Å². The fourth-order valence-corrected chi connectivity index (χ4v) is 4.55. The molecular formula is C18H22F4N2O4S. The Morgan fingerprint density at radius 2 is 1.31 bits per heavy atom. The van der Waals surface area contributed by atoms with Gasteiger partial charge in [-0.05, 0) is 25.0 Å². The van der Waals surface area contributed by atoms with Gasteiger partial charge in [-0.15, -0.1) is 11.3 Å². The molecule has 2 amide bonds. The van der Waals surface area contributed by atoms with Gasteiger partial charge in [0.15, 0.2) is 0 Å². The molecule has 3 rings (SSSR count). The van der Waals surface area contributed by atoms with E-state index in [1.165, 1.54) is 0 Å². The number of alkyl halides is 4. The molecular weight excluding hydrogens is 416 g/mol. The smallest absolute Gasteiger partial charge is 0.338 e. The van der Waals surface area contributed by atoms with E-state index in [1.807, 2.05) is 0 Å². The topological polar surface area (TPSA) is 59.1 Å². The second-order valence-corrected chi connectivity index (χ2v) is 8.25. The van der Waals surface area contributed by atoms with E-state index in [0.717, 1.165) is 11.3 Å². The Labute approximate surface area is 169 Å². The van der Waals surface area contributed by atoms with Crippen LogP contribution in [0.15, 0.2) is 12.1 Å². The van der Waals surface area contributed by atoms with E-state index in [0.29, 0.717) is 48.8 Å². The van der Waals surface area contributed by atoms with Crippen LogP contribution in [0.5, 0.6) is 0 Å². The lowest BCUT2D eigenvalue weighted by Crippen LogP contribution is -2.29. The van der Waals surface area contributed by atoms with Gasteiger partial charge in [-0.25, -0.2) is 0 Å². The third-order valence-corrected chi connectivity index (χ3v) is 6.15. The molecule has 2 saturated heterocycles. The maximum Gasteiger partial charge on any atom is 0.345 e. The number of nitrogens with zero attached hydrogens (tertiary/aromatic N) is 2. The van der Waals surface area contributed by atoms with Gasteiger partial charge in [-0.1, -0.05) is 0 Å². The summed E-state index contributed by atoms with van der Waals surface area (Å²) in [6, 6.07) is 3.16. The third-order valence-electron chi connectivity index (χ3n) is 5.09. The number of thiophene rings is 1. The zero-order chi connectivity index (χ0) is 21.0. The van der Waals surface area contributed by atoms with Crippen LogP contribution in [-0.4, -0.2) is 74.2 Å². The van der Waals surface area contributed by atoms with Crippen molar-refractivity contribution in [1.29, 1.82) is 0 Å². The van der Waals surface area contributed by atoms with E-state index in [1.54, 1.807) is 21.9 Å². The molecule has 0 aliphatic carbocycles. The Kier molecular flexibility index (Phi) is 7.47. The number of rotatable bonds is 8. The minimum atomic E-state index is -2.82. The van der Waals surface area contributed by atoms with Gasteiger partial charge < -0.3 is 19.3 Å². The van der Waals surface area contributed by atoms with Crippen LogP contribution in [0.2, 0.25) is 0 Å².